The predicted molar refractivity (Wildman–Crippen MR) is 46.1 cm³/mol. The first-order valence-electron chi connectivity index (χ1n) is 3.71. The van der Waals surface area contributed by atoms with Gasteiger partial charge in [0, 0.05) is 6.07 Å². The molecule has 0 spiro atoms. The van der Waals surface area contributed by atoms with Crippen molar-refractivity contribution in [1.29, 1.82) is 0 Å². The summed E-state index contributed by atoms with van der Waals surface area (Å²) in [5.41, 5.74) is 0.167. The molecular formula is C8H4N2O4. The van der Waals surface area contributed by atoms with Gasteiger partial charge in [-0.2, -0.15) is 4.98 Å². The number of hydrogen-bond donors (Lipinski definition) is 0. The number of fused-ring (bicyclic) bond motifs is 1. The van der Waals surface area contributed by atoms with E-state index in [0.717, 1.165) is 0 Å². The van der Waals surface area contributed by atoms with Crippen LogP contribution in [0.4, 0.5) is 5.69 Å². The molecule has 0 aliphatic carbocycles. The minimum atomic E-state index is -0.570. The number of oxazole rings is 1. The van der Waals surface area contributed by atoms with Gasteiger partial charge < -0.3 is 4.42 Å². The molecule has 0 radical (unpaired) electrons. The van der Waals surface area contributed by atoms with Crippen LogP contribution in [0.3, 0.4) is 0 Å². The number of carbonyl (C=O) groups excluding carboxylic acids is 1. The van der Waals surface area contributed by atoms with Crippen molar-refractivity contribution in [1.82, 2.24) is 4.98 Å². The van der Waals surface area contributed by atoms with Crippen LogP contribution in [0.5, 0.6) is 0 Å². The molecule has 0 fully saturated rings. The van der Waals surface area contributed by atoms with Crippen molar-refractivity contribution >= 4 is 23.1 Å². The maximum Gasteiger partial charge on any atom is 0.298 e. The highest BCUT2D eigenvalue weighted by Gasteiger charge is 2.16. The normalized spacial score (nSPS) is 10.3. The first-order valence-corrected chi connectivity index (χ1v) is 3.71. The van der Waals surface area contributed by atoms with Gasteiger partial charge in [-0.15, -0.1) is 0 Å². The quantitative estimate of drug-likeness (QED) is 0.409. The summed E-state index contributed by atoms with van der Waals surface area (Å²) >= 11 is 0. The lowest BCUT2D eigenvalue weighted by atomic mass is 10.3. The highest BCUT2D eigenvalue weighted by molar-refractivity contribution is 5.85. The van der Waals surface area contributed by atoms with Gasteiger partial charge in [-0.05, 0) is 6.07 Å². The van der Waals surface area contributed by atoms with E-state index in [1.54, 1.807) is 0 Å². The van der Waals surface area contributed by atoms with Crippen LogP contribution in [-0.2, 0) is 0 Å². The topological polar surface area (TPSA) is 86.2 Å². The summed E-state index contributed by atoms with van der Waals surface area (Å²) in [5.74, 6) is -0.158. The lowest BCUT2D eigenvalue weighted by Gasteiger charge is -1.88. The molecule has 0 bridgehead atoms. The zero-order valence-electron chi connectivity index (χ0n) is 6.84. The van der Waals surface area contributed by atoms with Gasteiger partial charge in [0.25, 0.3) is 11.6 Å². The number of nitrogens with zero attached hydrogens (tertiary/aromatic N) is 2. The molecule has 0 unspecified atom stereocenters. The summed E-state index contributed by atoms with van der Waals surface area (Å²) in [4.78, 5) is 24.0. The Balaban J connectivity index is 2.79. The molecule has 0 atom stereocenters. The maximum atomic E-state index is 10.5. The third kappa shape index (κ3) is 1.13. The molecule has 70 valence electrons. The molecule has 1 aromatic heterocycles. The summed E-state index contributed by atoms with van der Waals surface area (Å²) in [6.07, 6.45) is 0.406. The minimum absolute atomic E-state index is 0.0969. The van der Waals surface area contributed by atoms with Crippen LogP contribution in [0.1, 0.15) is 10.7 Å². The van der Waals surface area contributed by atoms with Crippen molar-refractivity contribution < 1.29 is 14.1 Å². The number of para-hydroxylation sites is 1. The van der Waals surface area contributed by atoms with E-state index < -0.39 is 4.92 Å². The molecule has 0 amide bonds. The molecule has 0 aliphatic heterocycles. The monoisotopic (exact) mass is 192 g/mol. The van der Waals surface area contributed by atoms with E-state index in [9.17, 15) is 14.9 Å². The molecule has 1 aromatic carbocycles. The number of non-ortho nitro benzene ring substituents is 1. The smallest absolute Gasteiger partial charge is 0.298 e. The van der Waals surface area contributed by atoms with Crippen molar-refractivity contribution in [2.75, 3.05) is 0 Å². The van der Waals surface area contributed by atoms with Gasteiger partial charge in [0.2, 0.25) is 6.29 Å². The molecular weight excluding hydrogens is 188 g/mol. The standard InChI is InChI=1S/C8H4N2O4/c11-4-7-9-8-5(10(12)13)2-1-3-6(8)14-7/h1-4H. The first kappa shape index (κ1) is 8.36. The predicted octanol–water partition coefficient (Wildman–Crippen LogP) is 1.55. The average Bonchev–Trinajstić information content (AvgIpc) is 2.59. The van der Waals surface area contributed by atoms with Gasteiger partial charge in [0.15, 0.2) is 11.1 Å². The Labute approximate surface area is 77.3 Å². The van der Waals surface area contributed by atoms with Crippen molar-refractivity contribution in [2.45, 2.75) is 0 Å². The summed E-state index contributed by atoms with van der Waals surface area (Å²) in [7, 11) is 0. The van der Waals surface area contributed by atoms with Crippen LogP contribution in [0.15, 0.2) is 22.6 Å². The Morgan fingerprint density at radius 3 is 2.93 bits per heavy atom. The summed E-state index contributed by atoms with van der Waals surface area (Å²) in [5, 5.41) is 10.5. The summed E-state index contributed by atoms with van der Waals surface area (Å²) in [6.45, 7) is 0. The van der Waals surface area contributed by atoms with E-state index in [1.165, 1.54) is 18.2 Å². The number of benzene rings is 1. The molecule has 1 heterocycles. The van der Waals surface area contributed by atoms with Gasteiger partial charge in [-0.25, -0.2) is 0 Å². The first-order chi connectivity index (χ1) is 6.72. The lowest BCUT2D eigenvalue weighted by molar-refractivity contribution is -0.383. The van der Waals surface area contributed by atoms with Crippen LogP contribution >= 0.6 is 0 Å². The fourth-order valence-electron chi connectivity index (χ4n) is 1.15. The SMILES string of the molecule is O=Cc1nc2c([N+](=O)[O-])cccc2o1. The second-order valence-corrected chi connectivity index (χ2v) is 2.55. The molecule has 0 aliphatic rings. The average molecular weight is 192 g/mol. The Hall–Kier alpha value is -2.24. The van der Waals surface area contributed by atoms with E-state index in [2.05, 4.69) is 4.98 Å². The Bertz CT molecular complexity index is 517. The van der Waals surface area contributed by atoms with Gasteiger partial charge in [-0.3, -0.25) is 14.9 Å². The number of carbonyl (C=O) groups is 1. The molecule has 2 rings (SSSR count). The van der Waals surface area contributed by atoms with E-state index in [0.29, 0.717) is 6.29 Å². The van der Waals surface area contributed by atoms with Crippen LogP contribution in [0, 0.1) is 10.1 Å². The van der Waals surface area contributed by atoms with Gasteiger partial charge in [0.05, 0.1) is 4.92 Å². The Kier molecular flexibility index (Phi) is 1.74. The number of rotatable bonds is 2. The number of hydrogen-bond acceptors (Lipinski definition) is 5. The van der Waals surface area contributed by atoms with Crippen LogP contribution in [0.2, 0.25) is 0 Å². The highest BCUT2D eigenvalue weighted by atomic mass is 16.6. The Morgan fingerprint density at radius 1 is 1.50 bits per heavy atom. The third-order valence-corrected chi connectivity index (χ3v) is 1.71. The Morgan fingerprint density at radius 2 is 2.29 bits per heavy atom. The molecule has 6 nitrogen and oxygen atoms in total. The highest BCUT2D eigenvalue weighted by Crippen LogP contribution is 2.24. The van der Waals surface area contributed by atoms with E-state index in [-0.39, 0.29) is 22.7 Å². The molecule has 0 saturated heterocycles. The lowest BCUT2D eigenvalue weighted by Crippen LogP contribution is -1.88. The van der Waals surface area contributed by atoms with Crippen molar-refractivity contribution in [3.63, 3.8) is 0 Å². The fourth-order valence-corrected chi connectivity index (χ4v) is 1.15. The van der Waals surface area contributed by atoms with Gasteiger partial charge >= 0.3 is 0 Å². The fraction of sp³-hybridized carbons (Fsp3) is 0. The second-order valence-electron chi connectivity index (χ2n) is 2.55. The van der Waals surface area contributed by atoms with E-state index in [4.69, 9.17) is 4.42 Å². The molecule has 14 heavy (non-hydrogen) atoms. The van der Waals surface area contributed by atoms with Gasteiger partial charge in [0.1, 0.15) is 0 Å². The van der Waals surface area contributed by atoms with Crippen LogP contribution in [-0.4, -0.2) is 16.2 Å². The maximum absolute atomic E-state index is 10.5. The van der Waals surface area contributed by atoms with E-state index in [1.807, 2.05) is 0 Å². The van der Waals surface area contributed by atoms with Crippen LogP contribution in [0.25, 0.3) is 11.1 Å². The number of aromatic nitrogens is 1. The number of nitro benzene ring substituents is 1. The van der Waals surface area contributed by atoms with E-state index >= 15 is 0 Å². The van der Waals surface area contributed by atoms with Crippen LogP contribution < -0.4 is 0 Å². The van der Waals surface area contributed by atoms with Crippen molar-refractivity contribution in [3.05, 3.63) is 34.2 Å². The molecule has 2 aromatic rings. The van der Waals surface area contributed by atoms with Gasteiger partial charge in [-0.1, -0.05) is 6.07 Å². The zero-order valence-corrected chi connectivity index (χ0v) is 6.84. The van der Waals surface area contributed by atoms with Crippen molar-refractivity contribution in [2.24, 2.45) is 0 Å². The molecule has 0 N–H and O–H groups in total. The summed E-state index contributed by atoms with van der Waals surface area (Å²) < 4.78 is 4.92. The zero-order chi connectivity index (χ0) is 10.1. The number of aldehydes is 1. The number of nitro groups is 1. The third-order valence-electron chi connectivity index (χ3n) is 1.71. The molecule has 0 saturated carbocycles. The second kappa shape index (κ2) is 2.91. The largest absolute Gasteiger partial charge is 0.434 e. The summed E-state index contributed by atoms with van der Waals surface area (Å²) in [6, 6.07) is 4.29. The van der Waals surface area contributed by atoms with Crippen molar-refractivity contribution in [3.8, 4) is 0 Å². The minimum Gasteiger partial charge on any atom is -0.434 e. The molecule has 6 heteroatoms.